The van der Waals surface area contributed by atoms with Crippen molar-refractivity contribution in [2.45, 2.75) is 17.2 Å². The Morgan fingerprint density at radius 2 is 1.85 bits per heavy atom. The van der Waals surface area contributed by atoms with Crippen molar-refractivity contribution in [1.82, 2.24) is 4.31 Å². The largest absolute Gasteiger partial charge is 0.497 e. The molecule has 1 aliphatic rings. The third-order valence-electron chi connectivity index (χ3n) is 4.32. The lowest BCUT2D eigenvalue weighted by Gasteiger charge is -2.32. The highest BCUT2D eigenvalue weighted by atomic mass is 32.2. The van der Waals surface area contributed by atoms with E-state index in [9.17, 15) is 21.6 Å². The standard InChI is InChI=1S/C18H18F3NO4S/c1-25-15-3-2-4-16(11-15)27(23,24)22-9-10-26-17(12-22)13-5-7-14(8-6-13)18(19,20)21/h2-8,11,17H,9-10,12H2,1H3/t17-/m1/s1. The Hall–Kier alpha value is -2.10. The van der Waals surface area contributed by atoms with Crippen LogP contribution in [0.1, 0.15) is 17.2 Å². The van der Waals surface area contributed by atoms with Crippen molar-refractivity contribution in [3.63, 3.8) is 0 Å². The molecule has 0 spiro atoms. The van der Waals surface area contributed by atoms with Gasteiger partial charge in [-0.05, 0) is 29.8 Å². The normalized spacial score (nSPS) is 19.0. The third-order valence-corrected chi connectivity index (χ3v) is 6.18. The zero-order valence-electron chi connectivity index (χ0n) is 14.4. The minimum Gasteiger partial charge on any atom is -0.497 e. The van der Waals surface area contributed by atoms with Gasteiger partial charge in [-0.15, -0.1) is 0 Å². The molecule has 5 nitrogen and oxygen atoms in total. The van der Waals surface area contributed by atoms with E-state index in [0.717, 1.165) is 12.1 Å². The minimum absolute atomic E-state index is 0.0188. The fourth-order valence-corrected chi connectivity index (χ4v) is 4.30. The molecular weight excluding hydrogens is 383 g/mol. The number of hydrogen-bond acceptors (Lipinski definition) is 4. The monoisotopic (exact) mass is 401 g/mol. The molecule has 0 aromatic heterocycles. The molecule has 0 amide bonds. The second-order valence-corrected chi connectivity index (χ2v) is 7.96. The predicted octanol–water partition coefficient (Wildman–Crippen LogP) is 3.48. The highest BCUT2D eigenvalue weighted by molar-refractivity contribution is 7.89. The molecule has 1 atom stereocenters. The summed E-state index contributed by atoms with van der Waals surface area (Å²) < 4.78 is 75.8. The van der Waals surface area contributed by atoms with Gasteiger partial charge in [0.2, 0.25) is 10.0 Å². The summed E-state index contributed by atoms with van der Waals surface area (Å²) in [6, 6.07) is 10.7. The van der Waals surface area contributed by atoms with Crippen LogP contribution in [-0.4, -0.2) is 39.5 Å². The number of ether oxygens (including phenoxy) is 2. The molecule has 146 valence electrons. The van der Waals surface area contributed by atoms with E-state index in [0.29, 0.717) is 11.3 Å². The number of halogens is 3. The number of morpholine rings is 1. The van der Waals surface area contributed by atoms with Gasteiger partial charge in [-0.2, -0.15) is 17.5 Å². The summed E-state index contributed by atoms with van der Waals surface area (Å²) in [7, 11) is -2.33. The summed E-state index contributed by atoms with van der Waals surface area (Å²) in [5.41, 5.74) is -0.267. The maximum Gasteiger partial charge on any atom is 0.416 e. The van der Waals surface area contributed by atoms with Gasteiger partial charge in [-0.25, -0.2) is 8.42 Å². The number of benzene rings is 2. The molecular formula is C18H18F3NO4S. The molecule has 1 aliphatic heterocycles. The first-order chi connectivity index (χ1) is 12.7. The smallest absolute Gasteiger partial charge is 0.416 e. The van der Waals surface area contributed by atoms with Gasteiger partial charge < -0.3 is 9.47 Å². The molecule has 1 heterocycles. The van der Waals surface area contributed by atoms with Gasteiger partial charge in [-0.1, -0.05) is 18.2 Å². The van der Waals surface area contributed by atoms with E-state index in [-0.39, 0.29) is 24.6 Å². The molecule has 3 rings (SSSR count). The molecule has 0 radical (unpaired) electrons. The maximum atomic E-state index is 12.9. The van der Waals surface area contributed by atoms with Crippen LogP contribution in [0, 0.1) is 0 Å². The predicted molar refractivity (Wildman–Crippen MR) is 91.9 cm³/mol. The fraction of sp³-hybridized carbons (Fsp3) is 0.333. The van der Waals surface area contributed by atoms with Crippen molar-refractivity contribution in [2.75, 3.05) is 26.8 Å². The summed E-state index contributed by atoms with van der Waals surface area (Å²) in [5.74, 6) is 0.420. The van der Waals surface area contributed by atoms with Crippen molar-refractivity contribution in [2.24, 2.45) is 0 Å². The van der Waals surface area contributed by atoms with Crippen molar-refractivity contribution < 1.29 is 31.1 Å². The Balaban J connectivity index is 1.81. The van der Waals surface area contributed by atoms with E-state index in [1.807, 2.05) is 0 Å². The summed E-state index contributed by atoms with van der Waals surface area (Å²) in [4.78, 5) is 0.0925. The molecule has 0 N–H and O–H groups in total. The van der Waals surface area contributed by atoms with Crippen LogP contribution in [0.3, 0.4) is 0 Å². The lowest BCUT2D eigenvalue weighted by Crippen LogP contribution is -2.42. The van der Waals surface area contributed by atoms with Gasteiger partial charge in [-0.3, -0.25) is 0 Å². The van der Waals surface area contributed by atoms with Gasteiger partial charge in [0.1, 0.15) is 5.75 Å². The average molecular weight is 401 g/mol. The van der Waals surface area contributed by atoms with Crippen molar-refractivity contribution in [3.8, 4) is 5.75 Å². The maximum absolute atomic E-state index is 12.9. The lowest BCUT2D eigenvalue weighted by atomic mass is 10.1. The highest BCUT2D eigenvalue weighted by Gasteiger charge is 2.33. The second-order valence-electron chi connectivity index (χ2n) is 6.02. The van der Waals surface area contributed by atoms with Gasteiger partial charge >= 0.3 is 6.18 Å². The van der Waals surface area contributed by atoms with Crippen LogP contribution in [0.4, 0.5) is 13.2 Å². The van der Waals surface area contributed by atoms with Crippen LogP contribution in [0.25, 0.3) is 0 Å². The van der Waals surface area contributed by atoms with E-state index in [2.05, 4.69) is 0 Å². The Labute approximate surface area is 155 Å². The van der Waals surface area contributed by atoms with Crippen LogP contribution in [-0.2, 0) is 20.9 Å². The van der Waals surface area contributed by atoms with E-state index in [4.69, 9.17) is 9.47 Å². The van der Waals surface area contributed by atoms with Gasteiger partial charge in [0, 0.05) is 19.2 Å². The first-order valence-corrected chi connectivity index (χ1v) is 9.59. The van der Waals surface area contributed by atoms with Crippen LogP contribution in [0.5, 0.6) is 5.75 Å². The SMILES string of the molecule is COc1cccc(S(=O)(=O)N2CCO[C@@H](c3ccc(C(F)(F)F)cc3)C2)c1. The van der Waals surface area contributed by atoms with E-state index >= 15 is 0 Å². The molecule has 9 heteroatoms. The van der Waals surface area contributed by atoms with Gasteiger partial charge in [0.15, 0.2) is 0 Å². The molecule has 2 aromatic carbocycles. The lowest BCUT2D eigenvalue weighted by molar-refractivity contribution is -0.137. The van der Waals surface area contributed by atoms with Crippen LogP contribution < -0.4 is 4.74 Å². The topological polar surface area (TPSA) is 55.8 Å². The first kappa shape index (κ1) is 19.7. The molecule has 1 fully saturated rings. The van der Waals surface area contributed by atoms with E-state index in [1.165, 1.54) is 35.7 Å². The van der Waals surface area contributed by atoms with Crippen LogP contribution >= 0.6 is 0 Å². The summed E-state index contributed by atoms with van der Waals surface area (Å²) in [5, 5.41) is 0. The van der Waals surface area contributed by atoms with Crippen molar-refractivity contribution >= 4 is 10.0 Å². The Morgan fingerprint density at radius 3 is 2.48 bits per heavy atom. The number of rotatable bonds is 4. The summed E-state index contributed by atoms with van der Waals surface area (Å²) in [6.07, 6.45) is -5.06. The number of hydrogen-bond donors (Lipinski definition) is 0. The second kappa shape index (κ2) is 7.49. The van der Waals surface area contributed by atoms with Crippen molar-refractivity contribution in [3.05, 3.63) is 59.7 Å². The fourth-order valence-electron chi connectivity index (χ4n) is 2.84. The molecule has 0 saturated carbocycles. The average Bonchev–Trinajstić information content (AvgIpc) is 2.67. The molecule has 27 heavy (non-hydrogen) atoms. The Morgan fingerprint density at radius 1 is 1.15 bits per heavy atom. The van der Waals surface area contributed by atoms with Gasteiger partial charge in [0.05, 0.1) is 30.3 Å². The zero-order valence-corrected chi connectivity index (χ0v) is 15.3. The molecule has 0 unspecified atom stereocenters. The molecule has 2 aromatic rings. The van der Waals surface area contributed by atoms with E-state index in [1.54, 1.807) is 12.1 Å². The van der Waals surface area contributed by atoms with E-state index < -0.39 is 27.9 Å². The molecule has 0 bridgehead atoms. The number of sulfonamides is 1. The van der Waals surface area contributed by atoms with Crippen molar-refractivity contribution in [1.29, 1.82) is 0 Å². The zero-order chi connectivity index (χ0) is 19.7. The number of alkyl halides is 3. The number of nitrogens with zero attached hydrogens (tertiary/aromatic N) is 1. The van der Waals surface area contributed by atoms with Crippen LogP contribution in [0.2, 0.25) is 0 Å². The Kier molecular flexibility index (Phi) is 5.45. The molecule has 1 saturated heterocycles. The quantitative estimate of drug-likeness (QED) is 0.787. The Bertz CT molecular complexity index is 898. The number of methoxy groups -OCH3 is 1. The molecule has 0 aliphatic carbocycles. The highest BCUT2D eigenvalue weighted by Crippen LogP contribution is 2.32. The summed E-state index contributed by atoms with van der Waals surface area (Å²) in [6.45, 7) is 0.330. The third kappa shape index (κ3) is 4.26. The van der Waals surface area contributed by atoms with Gasteiger partial charge in [0.25, 0.3) is 0 Å². The van der Waals surface area contributed by atoms with Crippen LogP contribution in [0.15, 0.2) is 53.4 Å². The first-order valence-electron chi connectivity index (χ1n) is 8.15. The minimum atomic E-state index is -4.42. The summed E-state index contributed by atoms with van der Waals surface area (Å²) >= 11 is 0.